The molecule has 0 spiro atoms. The fraction of sp³-hybridized carbons (Fsp3) is 0.333. The Morgan fingerprint density at radius 2 is 1.74 bits per heavy atom. The molecule has 2 aromatic rings. The SMILES string of the molecule is Cc1ccc(S(=O)(=O)N2CC2CCCc2ccc(O)cc2)cc1. The van der Waals surface area contributed by atoms with E-state index in [1.165, 1.54) is 0 Å². The molecule has 1 heterocycles. The zero-order valence-electron chi connectivity index (χ0n) is 13.1. The summed E-state index contributed by atoms with van der Waals surface area (Å²) < 4.78 is 26.5. The minimum Gasteiger partial charge on any atom is -0.508 e. The van der Waals surface area contributed by atoms with Gasteiger partial charge < -0.3 is 5.11 Å². The van der Waals surface area contributed by atoms with Crippen LogP contribution in [0.5, 0.6) is 5.75 Å². The van der Waals surface area contributed by atoms with Crippen molar-refractivity contribution in [3.8, 4) is 5.75 Å². The monoisotopic (exact) mass is 331 g/mol. The molecule has 1 aliphatic heterocycles. The van der Waals surface area contributed by atoms with E-state index in [2.05, 4.69) is 0 Å². The van der Waals surface area contributed by atoms with E-state index in [1.54, 1.807) is 28.6 Å². The smallest absolute Gasteiger partial charge is 0.243 e. The molecule has 0 saturated carbocycles. The second-order valence-corrected chi connectivity index (χ2v) is 7.99. The van der Waals surface area contributed by atoms with Gasteiger partial charge in [-0.15, -0.1) is 0 Å². The summed E-state index contributed by atoms with van der Waals surface area (Å²) in [6, 6.07) is 14.3. The van der Waals surface area contributed by atoms with Crippen molar-refractivity contribution in [2.24, 2.45) is 0 Å². The fourth-order valence-electron chi connectivity index (χ4n) is 2.74. The topological polar surface area (TPSA) is 57.4 Å². The van der Waals surface area contributed by atoms with Crippen LogP contribution < -0.4 is 0 Å². The van der Waals surface area contributed by atoms with Crippen LogP contribution in [0.25, 0.3) is 0 Å². The Bertz CT molecular complexity index is 767. The molecule has 0 aliphatic carbocycles. The summed E-state index contributed by atoms with van der Waals surface area (Å²) in [5.74, 6) is 0.270. The predicted molar refractivity (Wildman–Crippen MR) is 89.9 cm³/mol. The van der Waals surface area contributed by atoms with Crippen molar-refractivity contribution in [3.05, 3.63) is 59.7 Å². The molecule has 0 aromatic heterocycles. The summed E-state index contributed by atoms with van der Waals surface area (Å²) in [5.41, 5.74) is 2.22. The van der Waals surface area contributed by atoms with Crippen LogP contribution in [0, 0.1) is 6.92 Å². The molecule has 1 N–H and O–H groups in total. The molecule has 0 bridgehead atoms. The first-order valence-electron chi connectivity index (χ1n) is 7.83. The lowest BCUT2D eigenvalue weighted by Crippen LogP contribution is -2.14. The van der Waals surface area contributed by atoms with Gasteiger partial charge in [-0.25, -0.2) is 8.42 Å². The number of phenolic OH excluding ortho intramolecular Hbond substituents is 1. The highest BCUT2D eigenvalue weighted by Crippen LogP contribution is 2.31. The van der Waals surface area contributed by atoms with Crippen LogP contribution in [0.2, 0.25) is 0 Å². The van der Waals surface area contributed by atoms with Crippen molar-refractivity contribution >= 4 is 10.0 Å². The van der Waals surface area contributed by atoms with Gasteiger partial charge in [-0.1, -0.05) is 29.8 Å². The number of hydrogen-bond donors (Lipinski definition) is 1. The Hall–Kier alpha value is -1.85. The highest BCUT2D eigenvalue weighted by atomic mass is 32.2. The average molecular weight is 331 g/mol. The molecule has 2 aromatic carbocycles. The second-order valence-electron chi connectivity index (χ2n) is 6.10. The number of phenols is 1. The molecule has 122 valence electrons. The Labute approximate surface area is 137 Å². The van der Waals surface area contributed by atoms with Gasteiger partial charge in [0.25, 0.3) is 0 Å². The van der Waals surface area contributed by atoms with Gasteiger partial charge in [0.1, 0.15) is 5.75 Å². The summed E-state index contributed by atoms with van der Waals surface area (Å²) in [6.45, 7) is 2.56. The third-order valence-corrected chi connectivity index (χ3v) is 6.16. The van der Waals surface area contributed by atoms with E-state index < -0.39 is 10.0 Å². The molecule has 2 atom stereocenters. The number of nitrogens with zero attached hydrogens (tertiary/aromatic N) is 1. The van der Waals surface area contributed by atoms with E-state index in [9.17, 15) is 13.5 Å². The molecule has 1 saturated heterocycles. The van der Waals surface area contributed by atoms with Crippen LogP contribution in [-0.2, 0) is 16.4 Å². The average Bonchev–Trinajstić information content (AvgIpc) is 3.30. The Balaban J connectivity index is 1.53. The van der Waals surface area contributed by atoms with Crippen LogP contribution in [0.15, 0.2) is 53.4 Å². The van der Waals surface area contributed by atoms with Gasteiger partial charge in [-0.2, -0.15) is 4.31 Å². The normalized spacial score (nSPS) is 20.4. The van der Waals surface area contributed by atoms with Crippen molar-refractivity contribution in [2.75, 3.05) is 6.54 Å². The van der Waals surface area contributed by atoms with E-state index in [-0.39, 0.29) is 11.8 Å². The van der Waals surface area contributed by atoms with E-state index in [1.807, 2.05) is 31.2 Å². The number of hydrogen-bond acceptors (Lipinski definition) is 3. The maximum absolute atomic E-state index is 12.5. The lowest BCUT2D eigenvalue weighted by atomic mass is 10.1. The number of aromatic hydroxyl groups is 1. The summed E-state index contributed by atoms with van der Waals surface area (Å²) in [5, 5.41) is 9.26. The molecule has 2 unspecified atom stereocenters. The van der Waals surface area contributed by atoms with Crippen molar-refractivity contribution in [3.63, 3.8) is 0 Å². The second kappa shape index (κ2) is 6.34. The number of benzene rings is 2. The van der Waals surface area contributed by atoms with Crippen LogP contribution in [0.4, 0.5) is 0 Å². The Kier molecular flexibility index (Phi) is 4.41. The van der Waals surface area contributed by atoms with E-state index >= 15 is 0 Å². The number of rotatable bonds is 6. The van der Waals surface area contributed by atoms with Crippen molar-refractivity contribution in [1.82, 2.24) is 4.31 Å². The molecule has 1 aliphatic rings. The zero-order valence-corrected chi connectivity index (χ0v) is 14.0. The molecule has 5 heteroatoms. The minimum absolute atomic E-state index is 0.124. The van der Waals surface area contributed by atoms with Gasteiger partial charge in [-0.05, 0) is 56.0 Å². The van der Waals surface area contributed by atoms with Crippen LogP contribution in [0.3, 0.4) is 0 Å². The third kappa shape index (κ3) is 3.74. The molecule has 1 fully saturated rings. The fourth-order valence-corrected chi connectivity index (χ4v) is 4.36. The zero-order chi connectivity index (χ0) is 16.4. The van der Waals surface area contributed by atoms with Crippen LogP contribution in [0.1, 0.15) is 24.0 Å². The first kappa shape index (κ1) is 16.0. The molecule has 0 amide bonds. The predicted octanol–water partition coefficient (Wildman–Crippen LogP) is 3.10. The van der Waals surface area contributed by atoms with Gasteiger partial charge in [0.05, 0.1) is 4.90 Å². The number of sulfonamides is 1. The van der Waals surface area contributed by atoms with Crippen LogP contribution >= 0.6 is 0 Å². The third-order valence-electron chi connectivity index (χ3n) is 4.23. The van der Waals surface area contributed by atoms with Gasteiger partial charge in [0.2, 0.25) is 10.0 Å². The molecule has 4 nitrogen and oxygen atoms in total. The van der Waals surface area contributed by atoms with Crippen LogP contribution in [-0.4, -0.2) is 30.4 Å². The van der Waals surface area contributed by atoms with Gasteiger partial charge in [0.15, 0.2) is 0 Å². The molecule has 0 radical (unpaired) electrons. The lowest BCUT2D eigenvalue weighted by molar-refractivity contribution is 0.475. The molecular weight excluding hydrogens is 310 g/mol. The quantitative estimate of drug-likeness (QED) is 0.828. The molecule has 23 heavy (non-hydrogen) atoms. The highest BCUT2D eigenvalue weighted by Gasteiger charge is 2.43. The van der Waals surface area contributed by atoms with Gasteiger partial charge in [-0.3, -0.25) is 0 Å². The number of aryl methyl sites for hydroxylation is 2. The first-order valence-corrected chi connectivity index (χ1v) is 9.27. The standard InChI is InChI=1S/C18H21NO3S/c1-14-5-11-18(12-6-14)23(21,22)19-13-16(19)4-2-3-15-7-9-17(20)10-8-15/h5-12,16,20H,2-4,13H2,1H3. The maximum Gasteiger partial charge on any atom is 0.243 e. The van der Waals surface area contributed by atoms with Gasteiger partial charge >= 0.3 is 0 Å². The Morgan fingerprint density at radius 3 is 2.39 bits per heavy atom. The van der Waals surface area contributed by atoms with Crippen molar-refractivity contribution in [1.29, 1.82) is 0 Å². The lowest BCUT2D eigenvalue weighted by Gasteiger charge is -2.07. The van der Waals surface area contributed by atoms with Crippen molar-refractivity contribution < 1.29 is 13.5 Å². The van der Waals surface area contributed by atoms with Gasteiger partial charge in [0, 0.05) is 12.6 Å². The largest absolute Gasteiger partial charge is 0.508 e. The first-order chi connectivity index (χ1) is 11.0. The molecule has 3 rings (SSSR count). The summed E-state index contributed by atoms with van der Waals surface area (Å²) in [7, 11) is -3.33. The summed E-state index contributed by atoms with van der Waals surface area (Å²) >= 11 is 0. The molecular formula is C18H21NO3S. The van der Waals surface area contributed by atoms with E-state index in [0.717, 1.165) is 30.4 Å². The minimum atomic E-state index is -3.33. The summed E-state index contributed by atoms with van der Waals surface area (Å²) in [6.07, 6.45) is 2.70. The van der Waals surface area contributed by atoms with E-state index in [0.29, 0.717) is 11.4 Å². The Morgan fingerprint density at radius 1 is 1.09 bits per heavy atom. The van der Waals surface area contributed by atoms with E-state index in [4.69, 9.17) is 0 Å². The highest BCUT2D eigenvalue weighted by molar-refractivity contribution is 7.89. The summed E-state index contributed by atoms with van der Waals surface area (Å²) in [4.78, 5) is 0.379. The maximum atomic E-state index is 12.5. The van der Waals surface area contributed by atoms with Crippen molar-refractivity contribution in [2.45, 2.75) is 37.1 Å².